The fourth-order valence-corrected chi connectivity index (χ4v) is 5.71. The van der Waals surface area contributed by atoms with Gasteiger partial charge in [0.2, 0.25) is 23.6 Å². The molecule has 2 atom stereocenters. The summed E-state index contributed by atoms with van der Waals surface area (Å²) < 4.78 is 6.07. The van der Waals surface area contributed by atoms with Crippen LogP contribution in [0.25, 0.3) is 0 Å². The highest BCUT2D eigenvalue weighted by molar-refractivity contribution is 6.00. The molecule has 0 bridgehead atoms. The number of nitrogens with zero attached hydrogens (tertiary/aromatic N) is 1. The number of fused-ring (bicyclic) bond motifs is 1. The fraction of sp³-hybridized carbons (Fsp3) is 0.633. The third kappa shape index (κ3) is 7.77. The van der Waals surface area contributed by atoms with Crippen molar-refractivity contribution in [2.24, 2.45) is 5.92 Å². The second kappa shape index (κ2) is 13.8. The number of hydrogen-bond donors (Lipinski definition) is 4. The van der Waals surface area contributed by atoms with Crippen LogP contribution in [0.3, 0.4) is 0 Å². The number of likely N-dealkylation sites (tertiary alicyclic amines) is 1. The van der Waals surface area contributed by atoms with Crippen molar-refractivity contribution < 1.29 is 28.7 Å². The van der Waals surface area contributed by atoms with Gasteiger partial charge in [0, 0.05) is 32.5 Å². The molecule has 4 rings (SSSR count). The van der Waals surface area contributed by atoms with Crippen LogP contribution in [0.2, 0.25) is 0 Å². The number of para-hydroxylation sites is 1. The Morgan fingerprint density at radius 3 is 2.54 bits per heavy atom. The maximum Gasteiger partial charge on any atom is 0.255 e. The number of amides is 5. The second-order valence-corrected chi connectivity index (χ2v) is 11.7. The van der Waals surface area contributed by atoms with Crippen LogP contribution >= 0.6 is 0 Å². The summed E-state index contributed by atoms with van der Waals surface area (Å²) in [6, 6.07) is 5.46. The van der Waals surface area contributed by atoms with Crippen molar-refractivity contribution in [3.63, 3.8) is 0 Å². The van der Waals surface area contributed by atoms with Gasteiger partial charge in [0.1, 0.15) is 23.9 Å². The lowest BCUT2D eigenvalue weighted by Crippen LogP contribution is -2.60. The topological polar surface area (TPSA) is 146 Å². The first kappa shape index (κ1) is 30.3. The second-order valence-electron chi connectivity index (χ2n) is 11.7. The van der Waals surface area contributed by atoms with Gasteiger partial charge < -0.3 is 30.9 Å². The molecule has 224 valence electrons. The number of ether oxygens (including phenoxy) is 1. The van der Waals surface area contributed by atoms with Gasteiger partial charge in [0.25, 0.3) is 5.91 Å². The van der Waals surface area contributed by atoms with E-state index in [1.54, 1.807) is 29.2 Å². The number of hydrogen-bond acceptors (Lipinski definition) is 6. The molecule has 1 spiro atoms. The molecule has 1 aromatic rings. The van der Waals surface area contributed by atoms with E-state index in [0.717, 1.165) is 25.8 Å². The molecule has 3 aliphatic rings. The molecule has 11 heteroatoms. The Morgan fingerprint density at radius 2 is 1.83 bits per heavy atom. The third-order valence-corrected chi connectivity index (χ3v) is 8.30. The molecule has 2 fully saturated rings. The molecule has 1 saturated heterocycles. The van der Waals surface area contributed by atoms with E-state index in [-0.39, 0.29) is 54.7 Å². The van der Waals surface area contributed by atoms with E-state index < -0.39 is 23.4 Å². The van der Waals surface area contributed by atoms with Gasteiger partial charge in [0.05, 0.1) is 11.6 Å². The van der Waals surface area contributed by atoms with Gasteiger partial charge in [-0.1, -0.05) is 38.8 Å². The number of nitrogens with one attached hydrogen (secondary N) is 4. The quantitative estimate of drug-likeness (QED) is 0.384. The lowest BCUT2D eigenvalue weighted by atomic mass is 9.94. The standard InChI is InChI=1S/C30H43N5O6/c1-20(2)23-19-41-24-10-4-3-9-21(24)27(38)32-22(28(39)31-16-8-18-35-17-7-11-26(35)37)12-13-25(36)34-30(29(40)33-23)14-5-6-15-30/h3-4,9-10,20,22-23H,5-8,11-19H2,1-2H3,(H,31,39)(H,32,38)(H,33,40)(H,34,36)/t22-,23+/m0/s1. The molecular formula is C30H43N5O6. The summed E-state index contributed by atoms with van der Waals surface area (Å²) in [7, 11) is 0. The van der Waals surface area contributed by atoms with E-state index in [0.29, 0.717) is 44.5 Å². The average Bonchev–Trinajstić information content (AvgIpc) is 3.59. The first-order valence-electron chi connectivity index (χ1n) is 14.9. The minimum atomic E-state index is -1.00. The van der Waals surface area contributed by atoms with Crippen LogP contribution < -0.4 is 26.0 Å². The molecule has 4 N–H and O–H groups in total. The normalized spacial score (nSPS) is 23.6. The van der Waals surface area contributed by atoms with Gasteiger partial charge in [-0.2, -0.15) is 0 Å². The Bertz CT molecular complexity index is 1130. The van der Waals surface area contributed by atoms with Crippen molar-refractivity contribution >= 4 is 29.5 Å². The summed E-state index contributed by atoms with van der Waals surface area (Å²) in [6.07, 6.45) is 4.76. The largest absolute Gasteiger partial charge is 0.491 e. The zero-order valence-electron chi connectivity index (χ0n) is 24.1. The Hall–Kier alpha value is -3.63. The number of benzene rings is 1. The summed E-state index contributed by atoms with van der Waals surface area (Å²) >= 11 is 0. The molecule has 2 heterocycles. The summed E-state index contributed by atoms with van der Waals surface area (Å²) in [5, 5.41) is 11.7. The van der Waals surface area contributed by atoms with Crippen LogP contribution in [0.4, 0.5) is 0 Å². The number of carbonyl (C=O) groups is 5. The number of carbonyl (C=O) groups excluding carboxylic acids is 5. The van der Waals surface area contributed by atoms with E-state index in [1.165, 1.54) is 0 Å². The zero-order valence-corrected chi connectivity index (χ0v) is 24.1. The summed E-state index contributed by atoms with van der Waals surface area (Å²) in [6.45, 7) is 5.73. The third-order valence-electron chi connectivity index (χ3n) is 8.30. The van der Waals surface area contributed by atoms with Crippen LogP contribution in [0.1, 0.15) is 82.0 Å². The van der Waals surface area contributed by atoms with E-state index in [1.807, 2.05) is 13.8 Å². The number of rotatable bonds is 6. The van der Waals surface area contributed by atoms with Crippen LogP contribution in [0.5, 0.6) is 5.75 Å². The van der Waals surface area contributed by atoms with Crippen molar-refractivity contribution in [1.82, 2.24) is 26.2 Å². The highest BCUT2D eigenvalue weighted by Gasteiger charge is 2.43. The van der Waals surface area contributed by atoms with Gasteiger partial charge in [-0.25, -0.2) is 0 Å². The zero-order chi connectivity index (χ0) is 29.4. The first-order valence-corrected chi connectivity index (χ1v) is 14.9. The smallest absolute Gasteiger partial charge is 0.255 e. The van der Waals surface area contributed by atoms with Crippen LogP contribution in [0, 0.1) is 5.92 Å². The first-order chi connectivity index (χ1) is 19.7. The van der Waals surface area contributed by atoms with E-state index >= 15 is 0 Å². The SMILES string of the molecule is CC(C)[C@H]1COc2ccccc2C(=O)N[C@H](C(=O)NCCCN2CCCC2=O)CCC(=O)NC2(CCCC2)C(=O)N1. The van der Waals surface area contributed by atoms with Gasteiger partial charge in [-0.3, -0.25) is 24.0 Å². The minimum Gasteiger partial charge on any atom is -0.491 e. The molecule has 1 saturated carbocycles. The van der Waals surface area contributed by atoms with Gasteiger partial charge >= 0.3 is 0 Å². The predicted molar refractivity (Wildman–Crippen MR) is 152 cm³/mol. The summed E-state index contributed by atoms with van der Waals surface area (Å²) in [5.41, 5.74) is -0.741. The van der Waals surface area contributed by atoms with Crippen molar-refractivity contribution in [3.8, 4) is 5.75 Å². The highest BCUT2D eigenvalue weighted by atomic mass is 16.5. The molecule has 11 nitrogen and oxygen atoms in total. The van der Waals surface area contributed by atoms with Crippen molar-refractivity contribution in [3.05, 3.63) is 29.8 Å². The molecule has 5 amide bonds. The molecular weight excluding hydrogens is 526 g/mol. The van der Waals surface area contributed by atoms with Gasteiger partial charge in [0.15, 0.2) is 0 Å². The Labute approximate surface area is 241 Å². The van der Waals surface area contributed by atoms with E-state index in [4.69, 9.17) is 4.74 Å². The lowest BCUT2D eigenvalue weighted by Gasteiger charge is -2.32. The molecule has 1 aliphatic carbocycles. The summed E-state index contributed by atoms with van der Waals surface area (Å²) in [4.78, 5) is 66.9. The van der Waals surface area contributed by atoms with Crippen molar-refractivity contribution in [2.75, 3.05) is 26.2 Å². The van der Waals surface area contributed by atoms with E-state index in [2.05, 4.69) is 21.3 Å². The Kier molecular flexibility index (Phi) is 10.2. The lowest BCUT2D eigenvalue weighted by molar-refractivity contribution is -0.134. The molecule has 0 aromatic heterocycles. The van der Waals surface area contributed by atoms with Gasteiger partial charge in [-0.15, -0.1) is 0 Å². The molecule has 1 aromatic carbocycles. The van der Waals surface area contributed by atoms with Crippen LogP contribution in [-0.4, -0.2) is 78.3 Å². The van der Waals surface area contributed by atoms with Crippen molar-refractivity contribution in [2.45, 2.75) is 89.3 Å². The fourth-order valence-electron chi connectivity index (χ4n) is 5.71. The molecule has 41 heavy (non-hydrogen) atoms. The predicted octanol–water partition coefficient (Wildman–Crippen LogP) is 1.66. The van der Waals surface area contributed by atoms with Crippen LogP contribution in [-0.2, 0) is 19.2 Å². The Balaban J connectivity index is 1.51. The van der Waals surface area contributed by atoms with Crippen LogP contribution in [0.15, 0.2) is 24.3 Å². The Morgan fingerprint density at radius 1 is 1.07 bits per heavy atom. The summed E-state index contributed by atoms with van der Waals surface area (Å²) in [5.74, 6) is -0.944. The highest BCUT2D eigenvalue weighted by Crippen LogP contribution is 2.31. The van der Waals surface area contributed by atoms with Gasteiger partial charge in [-0.05, 0) is 50.2 Å². The van der Waals surface area contributed by atoms with E-state index in [9.17, 15) is 24.0 Å². The maximum atomic E-state index is 13.5. The monoisotopic (exact) mass is 569 g/mol. The molecule has 0 unspecified atom stereocenters. The molecule has 0 radical (unpaired) electrons. The average molecular weight is 570 g/mol. The van der Waals surface area contributed by atoms with Crippen molar-refractivity contribution in [1.29, 1.82) is 0 Å². The molecule has 2 aliphatic heterocycles. The maximum absolute atomic E-state index is 13.5. The minimum absolute atomic E-state index is 0.0402.